The van der Waals surface area contributed by atoms with Gasteiger partial charge in [-0.2, -0.15) is 13.2 Å². The van der Waals surface area contributed by atoms with Gasteiger partial charge in [0.15, 0.2) is 5.01 Å². The highest BCUT2D eigenvalue weighted by Crippen LogP contribution is 2.39. The van der Waals surface area contributed by atoms with Crippen LogP contribution in [0, 0.1) is 0 Å². The Balaban J connectivity index is 1.08. The van der Waals surface area contributed by atoms with Gasteiger partial charge in [0.2, 0.25) is 0 Å². The van der Waals surface area contributed by atoms with Crippen molar-refractivity contribution in [1.29, 1.82) is 0 Å². The van der Waals surface area contributed by atoms with Crippen LogP contribution in [0.5, 0.6) is 0 Å². The van der Waals surface area contributed by atoms with Crippen LogP contribution in [0.4, 0.5) is 13.2 Å². The molecule has 2 saturated heterocycles. The highest BCUT2D eigenvalue weighted by Gasteiger charge is 2.37. The van der Waals surface area contributed by atoms with Gasteiger partial charge in [0.1, 0.15) is 4.88 Å². The minimum atomic E-state index is -4.39. The average Bonchev–Trinajstić information content (AvgIpc) is 3.66. The number of likely N-dealkylation sites (tertiary alicyclic amines) is 2. The maximum absolute atomic E-state index is 13.2. The number of nitrogens with zero attached hydrogens (tertiary/aromatic N) is 3. The maximum atomic E-state index is 13.2. The van der Waals surface area contributed by atoms with E-state index in [1.165, 1.54) is 34.8 Å². The van der Waals surface area contributed by atoms with E-state index in [4.69, 9.17) is 11.6 Å². The van der Waals surface area contributed by atoms with Crippen molar-refractivity contribution in [3.8, 4) is 11.1 Å². The van der Waals surface area contributed by atoms with Gasteiger partial charge in [0, 0.05) is 59.9 Å². The molecule has 0 spiro atoms. The van der Waals surface area contributed by atoms with Gasteiger partial charge in [-0.3, -0.25) is 9.59 Å². The Bertz CT molecular complexity index is 1530. The summed E-state index contributed by atoms with van der Waals surface area (Å²) in [6.45, 7) is 2.40. The fourth-order valence-electron chi connectivity index (χ4n) is 5.01. The molecule has 2 amide bonds. The second-order valence-corrected chi connectivity index (χ2v) is 12.0. The van der Waals surface area contributed by atoms with Gasteiger partial charge < -0.3 is 15.1 Å². The summed E-state index contributed by atoms with van der Waals surface area (Å²) in [7, 11) is 0. The lowest BCUT2D eigenvalue weighted by molar-refractivity contribution is -0.137. The molecule has 12 heteroatoms. The molecule has 2 aliphatic rings. The SMILES string of the molecule is O=C(c1nccs1)N1CCC(NC2CN(C(=O)c3sc4cc(-c5ccc(C(F)(F)F)cc5)ccc4c3Cl)C2)C1. The highest BCUT2D eigenvalue weighted by atomic mass is 35.5. The van der Waals surface area contributed by atoms with Gasteiger partial charge in [0.05, 0.1) is 10.6 Å². The number of aromatic nitrogens is 1. The Morgan fingerprint density at radius 1 is 0.974 bits per heavy atom. The molecule has 4 heterocycles. The van der Waals surface area contributed by atoms with E-state index < -0.39 is 11.7 Å². The van der Waals surface area contributed by atoms with E-state index in [9.17, 15) is 22.8 Å². The van der Waals surface area contributed by atoms with Crippen molar-refractivity contribution < 1.29 is 22.8 Å². The first-order chi connectivity index (χ1) is 18.7. The molecule has 0 radical (unpaired) electrons. The molecule has 2 aliphatic heterocycles. The molecule has 0 saturated carbocycles. The van der Waals surface area contributed by atoms with Crippen LogP contribution >= 0.6 is 34.3 Å². The maximum Gasteiger partial charge on any atom is 0.416 e. The van der Waals surface area contributed by atoms with Crippen LogP contribution in [-0.4, -0.2) is 64.9 Å². The standard InChI is InChI=1S/C27H22ClF3N4O2S2/c28-22-20-6-3-16(15-1-4-17(5-2-15)27(29,30)31)11-21(20)39-23(22)25(36)35-13-19(14-35)33-18-7-9-34(12-18)26(37)24-32-8-10-38-24/h1-6,8,10-11,18-19,33H,7,9,12-14H2. The van der Waals surface area contributed by atoms with Crippen LogP contribution < -0.4 is 5.32 Å². The lowest BCUT2D eigenvalue weighted by atomic mass is 10.0. The molecule has 39 heavy (non-hydrogen) atoms. The average molecular weight is 591 g/mol. The van der Waals surface area contributed by atoms with Crippen LogP contribution in [-0.2, 0) is 6.18 Å². The van der Waals surface area contributed by atoms with Gasteiger partial charge >= 0.3 is 6.18 Å². The summed E-state index contributed by atoms with van der Waals surface area (Å²) in [5.74, 6) is -0.178. The van der Waals surface area contributed by atoms with E-state index in [1.807, 2.05) is 11.0 Å². The molecule has 4 aromatic rings. The number of alkyl halides is 3. The van der Waals surface area contributed by atoms with E-state index in [0.717, 1.165) is 34.2 Å². The molecule has 1 N–H and O–H groups in total. The zero-order chi connectivity index (χ0) is 27.3. The van der Waals surface area contributed by atoms with E-state index in [0.29, 0.717) is 46.6 Å². The quantitative estimate of drug-likeness (QED) is 0.308. The number of carbonyl (C=O) groups is 2. The summed E-state index contributed by atoms with van der Waals surface area (Å²) in [6.07, 6.45) is -1.90. The van der Waals surface area contributed by atoms with Gasteiger partial charge in [0.25, 0.3) is 11.8 Å². The van der Waals surface area contributed by atoms with E-state index in [1.54, 1.807) is 28.6 Å². The molecule has 2 aromatic carbocycles. The number of carbonyl (C=O) groups excluding carboxylic acids is 2. The lowest BCUT2D eigenvalue weighted by Crippen LogP contribution is -2.62. The summed E-state index contributed by atoms with van der Waals surface area (Å²) < 4.78 is 39.5. The number of halogens is 4. The number of hydrogen-bond acceptors (Lipinski definition) is 6. The zero-order valence-corrected chi connectivity index (χ0v) is 22.8. The normalized spacial score (nSPS) is 18.1. The lowest BCUT2D eigenvalue weighted by Gasteiger charge is -2.41. The number of rotatable bonds is 5. The first kappa shape index (κ1) is 26.2. The van der Waals surface area contributed by atoms with Crippen molar-refractivity contribution in [3.63, 3.8) is 0 Å². The molecular weight excluding hydrogens is 569 g/mol. The summed E-state index contributed by atoms with van der Waals surface area (Å²) in [4.78, 5) is 33.9. The van der Waals surface area contributed by atoms with Crippen LogP contribution in [0.2, 0.25) is 5.02 Å². The Kier molecular flexibility index (Phi) is 6.86. The molecule has 6 nitrogen and oxygen atoms in total. The zero-order valence-electron chi connectivity index (χ0n) is 20.4. The van der Waals surface area contributed by atoms with Crippen molar-refractivity contribution >= 4 is 56.2 Å². The van der Waals surface area contributed by atoms with Crippen LogP contribution in [0.1, 0.15) is 31.5 Å². The molecule has 6 rings (SSSR count). The Morgan fingerprint density at radius 3 is 2.38 bits per heavy atom. The second kappa shape index (κ2) is 10.2. The highest BCUT2D eigenvalue weighted by molar-refractivity contribution is 7.21. The molecule has 202 valence electrons. The minimum Gasteiger partial charge on any atom is -0.335 e. The Labute approximate surface area is 235 Å². The number of amides is 2. The first-order valence-corrected chi connectivity index (χ1v) is 14.4. The third-order valence-corrected chi connectivity index (χ3v) is 9.51. The van der Waals surface area contributed by atoms with Crippen molar-refractivity contribution in [2.24, 2.45) is 0 Å². The van der Waals surface area contributed by atoms with E-state index >= 15 is 0 Å². The van der Waals surface area contributed by atoms with Crippen LogP contribution in [0.3, 0.4) is 0 Å². The minimum absolute atomic E-state index is 0.0411. The number of thiophene rings is 1. The molecule has 2 aromatic heterocycles. The Hall–Kier alpha value is -2.99. The Morgan fingerprint density at radius 2 is 1.69 bits per heavy atom. The predicted molar refractivity (Wildman–Crippen MR) is 147 cm³/mol. The van der Waals surface area contributed by atoms with E-state index in [-0.39, 0.29) is 23.9 Å². The predicted octanol–water partition coefficient (Wildman–Crippen LogP) is 6.03. The van der Waals surface area contributed by atoms with E-state index in [2.05, 4.69) is 10.3 Å². The molecular formula is C27H22ClF3N4O2S2. The van der Waals surface area contributed by atoms with Crippen molar-refractivity contribution in [3.05, 3.63) is 74.5 Å². The first-order valence-electron chi connectivity index (χ1n) is 12.3. The van der Waals surface area contributed by atoms with Crippen LogP contribution in [0.25, 0.3) is 21.2 Å². The van der Waals surface area contributed by atoms with Crippen molar-refractivity contribution in [1.82, 2.24) is 20.1 Å². The second-order valence-electron chi connectivity index (χ2n) is 9.68. The van der Waals surface area contributed by atoms with Gasteiger partial charge in [-0.1, -0.05) is 35.9 Å². The molecule has 0 bridgehead atoms. The smallest absolute Gasteiger partial charge is 0.335 e. The summed E-state index contributed by atoms with van der Waals surface area (Å²) in [5, 5.41) is 6.98. The van der Waals surface area contributed by atoms with Crippen molar-refractivity contribution in [2.75, 3.05) is 26.2 Å². The number of hydrogen-bond donors (Lipinski definition) is 1. The third-order valence-electron chi connectivity index (χ3n) is 7.10. The summed E-state index contributed by atoms with van der Waals surface area (Å²) in [6, 6.07) is 10.8. The number of benzene rings is 2. The molecule has 1 atom stereocenters. The van der Waals surface area contributed by atoms with Gasteiger partial charge in [-0.15, -0.1) is 22.7 Å². The fraction of sp³-hybridized carbons (Fsp3) is 0.296. The monoisotopic (exact) mass is 590 g/mol. The summed E-state index contributed by atoms with van der Waals surface area (Å²) >= 11 is 9.22. The largest absolute Gasteiger partial charge is 0.416 e. The molecule has 2 fully saturated rings. The van der Waals surface area contributed by atoms with Crippen LogP contribution in [0.15, 0.2) is 54.0 Å². The fourth-order valence-corrected chi connectivity index (χ4v) is 7.13. The number of fused-ring (bicyclic) bond motifs is 1. The topological polar surface area (TPSA) is 65.5 Å². The van der Waals surface area contributed by atoms with Gasteiger partial charge in [-0.05, 0) is 35.7 Å². The molecule has 1 unspecified atom stereocenters. The number of nitrogens with one attached hydrogen (secondary N) is 1. The third kappa shape index (κ3) is 5.16. The summed E-state index contributed by atoms with van der Waals surface area (Å²) in [5.41, 5.74) is 0.703. The number of thiazole rings is 1. The molecule has 0 aliphatic carbocycles. The van der Waals surface area contributed by atoms with Gasteiger partial charge in [-0.25, -0.2) is 4.98 Å². The van der Waals surface area contributed by atoms with Crippen molar-refractivity contribution in [2.45, 2.75) is 24.7 Å².